The second-order valence-electron chi connectivity index (χ2n) is 5.66. The van der Waals surface area contributed by atoms with Crippen molar-refractivity contribution in [3.8, 4) is 0 Å². The lowest BCUT2D eigenvalue weighted by Gasteiger charge is -2.43. The van der Waals surface area contributed by atoms with Crippen LogP contribution in [-0.4, -0.2) is 57.5 Å². The third-order valence-corrected chi connectivity index (χ3v) is 4.35. The van der Waals surface area contributed by atoms with Crippen molar-refractivity contribution in [3.05, 3.63) is 0 Å². The van der Waals surface area contributed by atoms with E-state index in [0.29, 0.717) is 6.42 Å². The molecule has 2 fully saturated rings. The number of hydrogen-bond donors (Lipinski definition) is 1. The van der Waals surface area contributed by atoms with Crippen LogP contribution in [0.15, 0.2) is 0 Å². The van der Waals surface area contributed by atoms with Crippen LogP contribution >= 0.6 is 0 Å². The predicted molar refractivity (Wildman–Crippen MR) is 67.2 cm³/mol. The maximum absolute atomic E-state index is 11.9. The molecule has 0 aromatic heterocycles. The molecule has 2 rings (SSSR count). The van der Waals surface area contributed by atoms with Crippen LogP contribution in [0.2, 0.25) is 0 Å². The molecule has 5 nitrogen and oxygen atoms in total. The molecular formula is C13H22N2O3. The smallest absolute Gasteiger partial charge is 0.331 e. The Hall–Kier alpha value is -1.10. The number of carboxylic acid groups (broad SMARTS) is 1. The summed E-state index contributed by atoms with van der Waals surface area (Å²) in [6, 6.07) is -0.0968. The van der Waals surface area contributed by atoms with E-state index in [4.69, 9.17) is 0 Å². The minimum atomic E-state index is -1.02. The van der Waals surface area contributed by atoms with Crippen molar-refractivity contribution in [2.45, 2.75) is 57.7 Å². The highest BCUT2D eigenvalue weighted by Gasteiger charge is 2.59. The van der Waals surface area contributed by atoms with Gasteiger partial charge in [-0.1, -0.05) is 0 Å². The highest BCUT2D eigenvalue weighted by molar-refractivity contribution is 5.87. The molecule has 0 bridgehead atoms. The highest BCUT2D eigenvalue weighted by Crippen LogP contribution is 2.41. The van der Waals surface area contributed by atoms with Gasteiger partial charge in [-0.05, 0) is 39.7 Å². The van der Waals surface area contributed by atoms with Crippen molar-refractivity contribution in [1.82, 2.24) is 9.80 Å². The van der Waals surface area contributed by atoms with Crippen molar-refractivity contribution in [3.63, 3.8) is 0 Å². The molecule has 18 heavy (non-hydrogen) atoms. The summed E-state index contributed by atoms with van der Waals surface area (Å²) in [5.41, 5.74) is -1.02. The summed E-state index contributed by atoms with van der Waals surface area (Å²) in [5, 5.41) is 9.76. The maximum atomic E-state index is 11.9. The van der Waals surface area contributed by atoms with Gasteiger partial charge in [-0.25, -0.2) is 4.79 Å². The number of nitrogens with zero attached hydrogens (tertiary/aromatic N) is 2. The Morgan fingerprint density at radius 2 is 2.06 bits per heavy atom. The molecular weight excluding hydrogens is 232 g/mol. The zero-order valence-corrected chi connectivity index (χ0v) is 11.3. The summed E-state index contributed by atoms with van der Waals surface area (Å²) in [7, 11) is 0. The van der Waals surface area contributed by atoms with E-state index in [1.807, 2.05) is 13.8 Å². The Morgan fingerprint density at radius 1 is 1.39 bits per heavy atom. The number of rotatable bonds is 3. The van der Waals surface area contributed by atoms with Crippen molar-refractivity contribution in [2.24, 2.45) is 0 Å². The monoisotopic (exact) mass is 254 g/mol. The molecule has 0 saturated carbocycles. The van der Waals surface area contributed by atoms with E-state index in [0.717, 1.165) is 25.9 Å². The van der Waals surface area contributed by atoms with Gasteiger partial charge in [0.05, 0.1) is 0 Å². The first-order valence-corrected chi connectivity index (χ1v) is 6.68. The molecule has 5 heteroatoms. The summed E-state index contributed by atoms with van der Waals surface area (Å²) >= 11 is 0. The lowest BCUT2D eigenvalue weighted by atomic mass is 9.85. The van der Waals surface area contributed by atoms with Crippen LogP contribution in [0.4, 0.5) is 0 Å². The second-order valence-corrected chi connectivity index (χ2v) is 5.66. The zero-order chi connectivity index (χ0) is 13.5. The van der Waals surface area contributed by atoms with Crippen LogP contribution in [-0.2, 0) is 9.59 Å². The van der Waals surface area contributed by atoms with Crippen molar-refractivity contribution in [1.29, 1.82) is 0 Å². The summed E-state index contributed by atoms with van der Waals surface area (Å²) in [4.78, 5) is 27.6. The van der Waals surface area contributed by atoms with Crippen LogP contribution in [0.25, 0.3) is 0 Å². The Bertz CT molecular complexity index is 369. The minimum Gasteiger partial charge on any atom is -0.479 e. The SMILES string of the molecule is CC(=O)N(C(C)C)C1(C(=O)O)CCN2CCCC21. The average molecular weight is 254 g/mol. The summed E-state index contributed by atoms with van der Waals surface area (Å²) in [5.74, 6) is -0.984. The molecule has 2 atom stereocenters. The third-order valence-electron chi connectivity index (χ3n) is 4.35. The van der Waals surface area contributed by atoms with Crippen LogP contribution in [0.3, 0.4) is 0 Å². The number of carboxylic acids is 1. The van der Waals surface area contributed by atoms with Crippen LogP contribution in [0, 0.1) is 0 Å². The molecule has 2 aliphatic heterocycles. The molecule has 102 valence electrons. The van der Waals surface area contributed by atoms with E-state index in [9.17, 15) is 14.7 Å². The number of carbonyl (C=O) groups is 2. The molecule has 0 radical (unpaired) electrons. The Labute approximate surface area is 108 Å². The predicted octanol–water partition coefficient (Wildman–Crippen LogP) is 0.935. The quantitative estimate of drug-likeness (QED) is 0.814. The van der Waals surface area contributed by atoms with Gasteiger partial charge in [-0.3, -0.25) is 9.69 Å². The van der Waals surface area contributed by atoms with E-state index in [-0.39, 0.29) is 18.0 Å². The first kappa shape index (κ1) is 13.3. The van der Waals surface area contributed by atoms with E-state index in [2.05, 4.69) is 4.90 Å². The molecule has 0 aromatic rings. The van der Waals surface area contributed by atoms with Crippen LogP contribution < -0.4 is 0 Å². The van der Waals surface area contributed by atoms with Crippen molar-refractivity contribution >= 4 is 11.9 Å². The molecule has 2 heterocycles. The summed E-state index contributed by atoms with van der Waals surface area (Å²) in [6.45, 7) is 7.01. The number of hydrogen-bond acceptors (Lipinski definition) is 3. The van der Waals surface area contributed by atoms with Crippen LogP contribution in [0.5, 0.6) is 0 Å². The van der Waals surface area contributed by atoms with Gasteiger partial charge in [0.15, 0.2) is 5.54 Å². The number of fused-ring (bicyclic) bond motifs is 1. The van der Waals surface area contributed by atoms with Gasteiger partial charge in [-0.2, -0.15) is 0 Å². The highest BCUT2D eigenvalue weighted by atomic mass is 16.4. The number of carbonyl (C=O) groups excluding carboxylic acids is 1. The van der Waals surface area contributed by atoms with Gasteiger partial charge in [-0.15, -0.1) is 0 Å². The van der Waals surface area contributed by atoms with Gasteiger partial charge in [0.25, 0.3) is 0 Å². The fourth-order valence-corrected chi connectivity index (χ4v) is 3.85. The molecule has 2 unspecified atom stereocenters. The standard InChI is InChI=1S/C13H22N2O3/c1-9(2)15(10(3)16)13(12(17)18)6-8-14-7-4-5-11(13)14/h9,11H,4-8H2,1-3H3,(H,17,18). The minimum absolute atomic E-state index is 0.0127. The first-order chi connectivity index (χ1) is 8.41. The lowest BCUT2D eigenvalue weighted by Crippen LogP contribution is -2.64. The van der Waals surface area contributed by atoms with E-state index >= 15 is 0 Å². The molecule has 2 aliphatic rings. The van der Waals surface area contributed by atoms with E-state index in [1.54, 1.807) is 4.90 Å². The molecule has 0 spiro atoms. The van der Waals surface area contributed by atoms with Gasteiger partial charge in [0.1, 0.15) is 0 Å². The van der Waals surface area contributed by atoms with Gasteiger partial charge >= 0.3 is 5.97 Å². The topological polar surface area (TPSA) is 60.9 Å². The van der Waals surface area contributed by atoms with E-state index in [1.165, 1.54) is 6.92 Å². The molecule has 2 saturated heterocycles. The maximum Gasteiger partial charge on any atom is 0.331 e. The third kappa shape index (κ3) is 1.72. The average Bonchev–Trinajstić information content (AvgIpc) is 2.80. The van der Waals surface area contributed by atoms with Gasteiger partial charge in [0.2, 0.25) is 5.91 Å². The molecule has 1 N–H and O–H groups in total. The zero-order valence-electron chi connectivity index (χ0n) is 11.3. The molecule has 0 aliphatic carbocycles. The van der Waals surface area contributed by atoms with Gasteiger partial charge in [0, 0.05) is 25.6 Å². The molecule has 0 aromatic carbocycles. The molecule has 1 amide bonds. The fraction of sp³-hybridized carbons (Fsp3) is 0.846. The lowest BCUT2D eigenvalue weighted by molar-refractivity contribution is -0.162. The second kappa shape index (κ2) is 4.53. The first-order valence-electron chi connectivity index (χ1n) is 6.68. The Kier molecular flexibility index (Phi) is 3.36. The Morgan fingerprint density at radius 3 is 2.56 bits per heavy atom. The van der Waals surface area contributed by atoms with Crippen molar-refractivity contribution < 1.29 is 14.7 Å². The number of aliphatic carboxylic acids is 1. The number of amides is 1. The normalized spacial score (nSPS) is 31.7. The van der Waals surface area contributed by atoms with Gasteiger partial charge < -0.3 is 10.0 Å². The van der Waals surface area contributed by atoms with E-state index < -0.39 is 11.5 Å². The largest absolute Gasteiger partial charge is 0.479 e. The summed E-state index contributed by atoms with van der Waals surface area (Å²) < 4.78 is 0. The summed E-state index contributed by atoms with van der Waals surface area (Å²) in [6.07, 6.45) is 2.46. The fourth-order valence-electron chi connectivity index (χ4n) is 3.85. The Balaban J connectivity index is 2.43. The van der Waals surface area contributed by atoms with Crippen LogP contribution in [0.1, 0.15) is 40.0 Å². The van der Waals surface area contributed by atoms with Crippen molar-refractivity contribution in [2.75, 3.05) is 13.1 Å².